The number of quaternary nitrogens is 1. The summed E-state index contributed by atoms with van der Waals surface area (Å²) in [4.78, 5) is 37.7. The molecule has 99 heavy (non-hydrogen) atoms. The number of hydrogen-bond acceptors (Lipinski definition) is 7. The Kier molecular flexibility index (Phi) is 73.2. The molecule has 2 unspecified atom stereocenters. The van der Waals surface area contributed by atoms with Crippen LogP contribution in [-0.4, -0.2) is 87.4 Å². The summed E-state index contributed by atoms with van der Waals surface area (Å²) < 4.78 is 23.0. The molecule has 2 atom stereocenters. The maximum atomic E-state index is 13.0. The van der Waals surface area contributed by atoms with E-state index in [0.717, 1.165) is 148 Å². The smallest absolute Gasteiger partial charge is 0.361 e. The minimum Gasteiger partial charge on any atom is -0.477 e. The number of ether oxygens (including phenoxy) is 4. The first-order valence-electron chi connectivity index (χ1n) is 39.6. The monoisotopic (exact) mass is 1370 g/mol. The SMILES string of the molecule is CC/C=C\C/C=C\C/C=C\C/C=C\C/C=C\C/C=C\C/C=C\C/C=C\C/C=C\C/C=C\C/C=C\CCCCCCCCCC(=O)OC(COC(=O)CCCCCCCCCCCCCCCCCCC/C=C\C/C=C\C/C=C\C/C=C\C/C=C\CC)COC(OCC[N+](C)(C)C)C(=O)O. The molecule has 0 aliphatic carbocycles. The molecule has 0 radical (unpaired) electrons. The quantitative estimate of drug-likeness (QED) is 0.0211. The maximum Gasteiger partial charge on any atom is 0.361 e. The second-order valence-corrected chi connectivity index (χ2v) is 26.9. The summed E-state index contributed by atoms with van der Waals surface area (Å²) in [5.74, 6) is -2.03. The molecule has 0 saturated heterocycles. The highest BCUT2D eigenvalue weighted by atomic mass is 16.7. The molecule has 0 heterocycles. The summed E-state index contributed by atoms with van der Waals surface area (Å²) in [6, 6.07) is 0. The molecule has 558 valence electrons. The van der Waals surface area contributed by atoms with Crippen molar-refractivity contribution in [3.63, 3.8) is 0 Å². The molecule has 0 aromatic rings. The number of carboxylic acids is 1. The minimum absolute atomic E-state index is 0.177. The third-order valence-electron chi connectivity index (χ3n) is 16.3. The van der Waals surface area contributed by atoms with Gasteiger partial charge in [0.2, 0.25) is 0 Å². The van der Waals surface area contributed by atoms with Crippen molar-refractivity contribution in [1.29, 1.82) is 0 Å². The topological polar surface area (TPSA) is 108 Å². The minimum atomic E-state index is -1.53. The molecule has 0 fully saturated rings. The van der Waals surface area contributed by atoms with Gasteiger partial charge in [0.15, 0.2) is 6.10 Å². The number of carbonyl (C=O) groups is 3. The first-order chi connectivity index (χ1) is 48.6. The molecular formula is C90H146NO8+. The first-order valence-corrected chi connectivity index (χ1v) is 39.6. The van der Waals surface area contributed by atoms with Gasteiger partial charge in [-0.3, -0.25) is 9.59 Å². The predicted molar refractivity (Wildman–Crippen MR) is 428 cm³/mol. The van der Waals surface area contributed by atoms with E-state index in [-0.39, 0.29) is 32.2 Å². The van der Waals surface area contributed by atoms with E-state index >= 15 is 0 Å². The van der Waals surface area contributed by atoms with Gasteiger partial charge in [0, 0.05) is 12.8 Å². The van der Waals surface area contributed by atoms with Gasteiger partial charge in [0.05, 0.1) is 34.4 Å². The van der Waals surface area contributed by atoms with Gasteiger partial charge in [-0.25, -0.2) is 4.79 Å². The molecule has 0 aromatic carbocycles. The van der Waals surface area contributed by atoms with Crippen LogP contribution in [0.2, 0.25) is 0 Å². The van der Waals surface area contributed by atoms with E-state index < -0.39 is 24.3 Å². The van der Waals surface area contributed by atoms with Crippen molar-refractivity contribution in [2.45, 2.75) is 309 Å². The Hall–Kier alpha value is -5.87. The number of allylic oxidation sites excluding steroid dienone is 32. The van der Waals surface area contributed by atoms with E-state index in [4.69, 9.17) is 18.9 Å². The molecule has 0 aromatic heterocycles. The molecule has 0 aliphatic rings. The van der Waals surface area contributed by atoms with E-state index in [0.29, 0.717) is 23.9 Å². The van der Waals surface area contributed by atoms with E-state index in [9.17, 15) is 19.5 Å². The van der Waals surface area contributed by atoms with Crippen LogP contribution in [0.4, 0.5) is 0 Å². The van der Waals surface area contributed by atoms with Crippen LogP contribution < -0.4 is 0 Å². The van der Waals surface area contributed by atoms with Crippen molar-refractivity contribution < 1.29 is 42.9 Å². The number of hydrogen-bond donors (Lipinski definition) is 1. The molecular weight excluding hydrogens is 1220 g/mol. The van der Waals surface area contributed by atoms with Crippen LogP contribution in [0.1, 0.15) is 296 Å². The number of aliphatic carboxylic acids is 1. The fourth-order valence-corrected chi connectivity index (χ4v) is 10.4. The summed E-state index contributed by atoms with van der Waals surface area (Å²) in [5, 5.41) is 9.77. The lowest BCUT2D eigenvalue weighted by molar-refractivity contribution is -0.870. The molecule has 0 bridgehead atoms. The molecule has 0 aliphatic heterocycles. The first kappa shape index (κ1) is 93.1. The van der Waals surface area contributed by atoms with Crippen LogP contribution in [0.15, 0.2) is 194 Å². The van der Waals surface area contributed by atoms with Crippen molar-refractivity contribution in [2.24, 2.45) is 0 Å². The van der Waals surface area contributed by atoms with Gasteiger partial charge in [0.25, 0.3) is 6.29 Å². The molecule has 1 N–H and O–H groups in total. The van der Waals surface area contributed by atoms with Crippen LogP contribution in [0.3, 0.4) is 0 Å². The predicted octanol–water partition coefficient (Wildman–Crippen LogP) is 25.7. The second-order valence-electron chi connectivity index (χ2n) is 26.9. The van der Waals surface area contributed by atoms with Gasteiger partial charge in [-0.1, -0.05) is 337 Å². The van der Waals surface area contributed by atoms with Gasteiger partial charge >= 0.3 is 17.9 Å². The van der Waals surface area contributed by atoms with Gasteiger partial charge in [-0.05, 0) is 141 Å². The van der Waals surface area contributed by atoms with Gasteiger partial charge in [-0.2, -0.15) is 0 Å². The third-order valence-corrected chi connectivity index (χ3v) is 16.3. The summed E-state index contributed by atoms with van der Waals surface area (Å²) >= 11 is 0. The van der Waals surface area contributed by atoms with E-state index in [2.05, 4.69) is 208 Å². The highest BCUT2D eigenvalue weighted by Crippen LogP contribution is 2.17. The highest BCUT2D eigenvalue weighted by molar-refractivity contribution is 5.71. The van der Waals surface area contributed by atoms with Crippen LogP contribution in [0.25, 0.3) is 0 Å². The fraction of sp³-hybridized carbons (Fsp3) is 0.611. The Balaban J connectivity index is 4.14. The van der Waals surface area contributed by atoms with Gasteiger partial charge in [-0.15, -0.1) is 0 Å². The number of nitrogens with zero attached hydrogens (tertiary/aromatic N) is 1. The number of likely N-dealkylation sites (N-methyl/N-ethyl adjacent to an activating group) is 1. The summed E-state index contributed by atoms with van der Waals surface area (Å²) in [6.07, 6.45) is 117. The molecule has 9 nitrogen and oxygen atoms in total. The Labute approximate surface area is 608 Å². The maximum absolute atomic E-state index is 13.0. The lowest BCUT2D eigenvalue weighted by atomic mass is 10.0. The van der Waals surface area contributed by atoms with Crippen LogP contribution in [0, 0.1) is 0 Å². The number of rotatable bonds is 71. The Morgan fingerprint density at radius 3 is 0.808 bits per heavy atom. The summed E-state index contributed by atoms with van der Waals surface area (Å²) in [5.41, 5.74) is 0. The number of carboxylic acid groups (broad SMARTS) is 1. The third kappa shape index (κ3) is 79.3. The van der Waals surface area contributed by atoms with Crippen LogP contribution in [0.5, 0.6) is 0 Å². The van der Waals surface area contributed by atoms with Crippen LogP contribution in [-0.2, 0) is 33.3 Å². The van der Waals surface area contributed by atoms with E-state index in [1.165, 1.54) is 116 Å². The summed E-state index contributed by atoms with van der Waals surface area (Å²) in [7, 11) is 5.97. The fourth-order valence-electron chi connectivity index (χ4n) is 10.4. The zero-order chi connectivity index (χ0) is 71.8. The molecule has 0 rings (SSSR count). The normalized spacial score (nSPS) is 13.7. The number of unbranched alkanes of at least 4 members (excludes halogenated alkanes) is 24. The molecule has 0 amide bonds. The highest BCUT2D eigenvalue weighted by Gasteiger charge is 2.25. The zero-order valence-corrected chi connectivity index (χ0v) is 63.8. The Morgan fingerprint density at radius 1 is 0.303 bits per heavy atom. The van der Waals surface area contributed by atoms with Crippen molar-refractivity contribution in [1.82, 2.24) is 0 Å². The Morgan fingerprint density at radius 2 is 0.545 bits per heavy atom. The van der Waals surface area contributed by atoms with Crippen molar-refractivity contribution >= 4 is 17.9 Å². The van der Waals surface area contributed by atoms with E-state index in [1.807, 2.05) is 21.1 Å². The average molecular weight is 1370 g/mol. The number of carbonyl (C=O) groups excluding carboxylic acids is 2. The van der Waals surface area contributed by atoms with Crippen molar-refractivity contribution in [2.75, 3.05) is 47.5 Å². The lowest BCUT2D eigenvalue weighted by Crippen LogP contribution is -2.40. The molecule has 0 saturated carbocycles. The van der Waals surface area contributed by atoms with Crippen molar-refractivity contribution in [3.8, 4) is 0 Å². The standard InChI is InChI=1S/C90H145NO8/c1-6-8-10-12-14-16-18-20-22-24-26-28-30-32-34-36-38-40-41-42-43-44-45-46-47-49-51-53-55-57-59-61-63-65-67-69-71-73-75-77-79-81-88(93)99-86(85-98-90(89(94)95)96-83-82-91(3,4)5)84-97-87(92)80-78-76-74-72-70-68-66-64-62-60-58-56-54-52-50-48-39-37-35-33-31-29-27-25-23-21-19-17-15-13-11-9-7-2/h8-11,14-17,20-23,26-29,32-35,38,40,42-43,45-46,49,51,55,57,61,63,86,90H,6-7,12-13,18-19,24-25,30-31,36-37,39,41,44,47-48,50,52-54,56,58-60,62,64-85H2,1-5H3/p+1/b10-8-,11-9-,16-14-,17-15-,22-20-,23-21-,28-26-,29-27-,34-32-,35-33-,40-38-,43-42-,46-45-,51-49-,57-55-,63-61-. The van der Waals surface area contributed by atoms with Crippen molar-refractivity contribution in [3.05, 3.63) is 194 Å². The Bertz CT molecular complexity index is 2340. The van der Waals surface area contributed by atoms with Gasteiger partial charge in [0.1, 0.15) is 13.2 Å². The average Bonchev–Trinajstić information content (AvgIpc) is 2.62. The number of esters is 2. The lowest BCUT2D eigenvalue weighted by Gasteiger charge is -2.25. The molecule has 0 spiro atoms. The molecule has 9 heteroatoms. The van der Waals surface area contributed by atoms with E-state index in [1.54, 1.807) is 0 Å². The summed E-state index contributed by atoms with van der Waals surface area (Å²) in [6.45, 7) is 4.64. The largest absolute Gasteiger partial charge is 0.477 e. The zero-order valence-electron chi connectivity index (χ0n) is 63.8. The van der Waals surface area contributed by atoms with Gasteiger partial charge < -0.3 is 28.5 Å². The van der Waals surface area contributed by atoms with Crippen LogP contribution >= 0.6 is 0 Å². The second kappa shape index (κ2) is 77.9.